The van der Waals surface area contributed by atoms with Gasteiger partial charge in [-0.25, -0.2) is 0 Å². The Morgan fingerprint density at radius 1 is 1.10 bits per heavy atom. The maximum absolute atomic E-state index is 12.5. The van der Waals surface area contributed by atoms with Gasteiger partial charge in [-0.3, -0.25) is 4.79 Å². The number of aromatic nitrogens is 3. The number of halogens is 1. The summed E-state index contributed by atoms with van der Waals surface area (Å²) in [6, 6.07) is 10.1. The molecule has 0 spiro atoms. The maximum Gasteiger partial charge on any atom is 0.234 e. The third kappa shape index (κ3) is 5.68. The Bertz CT molecular complexity index is 1080. The van der Waals surface area contributed by atoms with Crippen LogP contribution in [0.4, 0.5) is 5.69 Å². The summed E-state index contributed by atoms with van der Waals surface area (Å²) >= 11 is 4.88. The van der Waals surface area contributed by atoms with Gasteiger partial charge in [-0.2, -0.15) is 0 Å². The quantitative estimate of drug-likeness (QED) is 0.405. The molecule has 0 radical (unpaired) electrons. The van der Waals surface area contributed by atoms with Crippen molar-refractivity contribution in [2.24, 2.45) is 0 Å². The zero-order chi connectivity index (χ0) is 22.5. The largest absolute Gasteiger partial charge is 0.485 e. The lowest BCUT2D eigenvalue weighted by Crippen LogP contribution is -2.15. The van der Waals surface area contributed by atoms with Gasteiger partial charge in [0, 0.05) is 11.0 Å². The average Bonchev–Trinajstić information content (AvgIpc) is 3.12. The number of amides is 1. The number of carbonyl (C=O) groups excluding carboxylic acids is 1. The van der Waals surface area contributed by atoms with Gasteiger partial charge in [0.25, 0.3) is 0 Å². The molecule has 0 bridgehead atoms. The lowest BCUT2D eigenvalue weighted by Gasteiger charge is -2.13. The summed E-state index contributed by atoms with van der Waals surface area (Å²) < 4.78 is 8.89. The first-order valence-corrected chi connectivity index (χ1v) is 11.9. The van der Waals surface area contributed by atoms with Crippen molar-refractivity contribution in [3.05, 3.63) is 62.9 Å². The summed E-state index contributed by atoms with van der Waals surface area (Å²) in [5.74, 6) is 1.77. The van der Waals surface area contributed by atoms with E-state index in [0.717, 1.165) is 38.4 Å². The van der Waals surface area contributed by atoms with Gasteiger partial charge in [0.15, 0.2) is 11.0 Å². The van der Waals surface area contributed by atoms with E-state index in [-0.39, 0.29) is 11.7 Å². The molecule has 0 fully saturated rings. The van der Waals surface area contributed by atoms with E-state index in [1.807, 2.05) is 69.5 Å². The molecule has 2 aromatic carbocycles. The van der Waals surface area contributed by atoms with E-state index in [4.69, 9.17) is 4.74 Å². The number of nitrogens with zero attached hydrogens (tertiary/aromatic N) is 3. The Hall–Kier alpha value is -2.32. The third-order valence-electron chi connectivity index (χ3n) is 5.05. The van der Waals surface area contributed by atoms with Crippen LogP contribution in [0.3, 0.4) is 0 Å². The van der Waals surface area contributed by atoms with Crippen molar-refractivity contribution in [2.45, 2.75) is 52.9 Å². The van der Waals surface area contributed by atoms with Crippen molar-refractivity contribution in [2.75, 3.05) is 11.1 Å². The van der Waals surface area contributed by atoms with Crippen molar-refractivity contribution in [1.29, 1.82) is 0 Å². The van der Waals surface area contributed by atoms with Gasteiger partial charge >= 0.3 is 0 Å². The molecule has 1 amide bonds. The minimum atomic E-state index is -0.0899. The van der Waals surface area contributed by atoms with E-state index in [0.29, 0.717) is 18.3 Å². The molecule has 8 heteroatoms. The number of anilines is 1. The molecule has 31 heavy (non-hydrogen) atoms. The predicted octanol–water partition coefficient (Wildman–Crippen LogP) is 5.60. The van der Waals surface area contributed by atoms with Crippen LogP contribution in [0.15, 0.2) is 40.0 Å². The van der Waals surface area contributed by atoms with Gasteiger partial charge < -0.3 is 14.6 Å². The molecule has 0 saturated carbocycles. The summed E-state index contributed by atoms with van der Waals surface area (Å²) in [5.41, 5.74) is 5.25. The zero-order valence-corrected chi connectivity index (χ0v) is 20.9. The zero-order valence-electron chi connectivity index (χ0n) is 18.5. The number of para-hydroxylation sites is 1. The second kappa shape index (κ2) is 10.3. The number of carbonyl (C=O) groups is 1. The molecule has 3 rings (SSSR count). The first kappa shape index (κ1) is 23.3. The Labute approximate surface area is 195 Å². The monoisotopic (exact) mass is 502 g/mol. The minimum absolute atomic E-state index is 0.0899. The fraction of sp³-hybridized carbons (Fsp3) is 0.348. The van der Waals surface area contributed by atoms with Gasteiger partial charge in [-0.1, -0.05) is 30.0 Å². The van der Waals surface area contributed by atoms with Crippen LogP contribution in [0.1, 0.15) is 35.0 Å². The van der Waals surface area contributed by atoms with Crippen LogP contribution >= 0.6 is 27.7 Å². The summed E-state index contributed by atoms with van der Waals surface area (Å²) in [7, 11) is 0. The van der Waals surface area contributed by atoms with E-state index >= 15 is 0 Å². The Morgan fingerprint density at radius 2 is 1.77 bits per heavy atom. The molecule has 1 heterocycles. The molecule has 164 valence electrons. The Balaban J connectivity index is 1.63. The fourth-order valence-corrected chi connectivity index (χ4v) is 4.59. The molecule has 0 atom stereocenters. The van der Waals surface area contributed by atoms with E-state index in [2.05, 4.69) is 31.4 Å². The van der Waals surface area contributed by atoms with Crippen LogP contribution in [-0.4, -0.2) is 26.4 Å². The van der Waals surface area contributed by atoms with Crippen molar-refractivity contribution in [3.8, 4) is 5.75 Å². The second-order valence-electron chi connectivity index (χ2n) is 7.41. The maximum atomic E-state index is 12.5. The second-order valence-corrected chi connectivity index (χ2v) is 9.20. The molecule has 0 unspecified atom stereocenters. The van der Waals surface area contributed by atoms with Gasteiger partial charge in [0.1, 0.15) is 12.4 Å². The average molecular weight is 503 g/mol. The van der Waals surface area contributed by atoms with Crippen molar-refractivity contribution in [1.82, 2.24) is 14.8 Å². The molecule has 6 nitrogen and oxygen atoms in total. The molecular formula is C23H27BrN4O2S. The number of hydrogen-bond acceptors (Lipinski definition) is 5. The summed E-state index contributed by atoms with van der Waals surface area (Å²) in [6.45, 7) is 11.2. The van der Waals surface area contributed by atoms with Crippen LogP contribution < -0.4 is 10.1 Å². The first-order valence-electron chi connectivity index (χ1n) is 10.1. The van der Waals surface area contributed by atoms with Crippen molar-refractivity contribution < 1.29 is 9.53 Å². The van der Waals surface area contributed by atoms with Gasteiger partial charge in [-0.15, -0.1) is 10.2 Å². The smallest absolute Gasteiger partial charge is 0.234 e. The van der Waals surface area contributed by atoms with Crippen LogP contribution in [0.5, 0.6) is 5.75 Å². The van der Waals surface area contributed by atoms with E-state index in [1.165, 1.54) is 17.3 Å². The minimum Gasteiger partial charge on any atom is -0.485 e. The lowest BCUT2D eigenvalue weighted by molar-refractivity contribution is -0.113. The fourth-order valence-electron chi connectivity index (χ4n) is 3.21. The molecule has 0 aliphatic carbocycles. The SMILES string of the molecule is CCn1c(COc2c(C)cccc2C)nnc1SCC(=O)Nc1cc(C)c(C)cc1Br. The molecule has 0 saturated heterocycles. The topological polar surface area (TPSA) is 69.0 Å². The highest BCUT2D eigenvalue weighted by molar-refractivity contribution is 9.10. The molecular weight excluding hydrogens is 476 g/mol. The van der Waals surface area contributed by atoms with Crippen molar-refractivity contribution in [3.63, 3.8) is 0 Å². The number of ether oxygens (including phenoxy) is 1. The normalized spacial score (nSPS) is 10.9. The molecule has 0 aliphatic heterocycles. The highest BCUT2D eigenvalue weighted by Gasteiger charge is 2.15. The van der Waals surface area contributed by atoms with E-state index in [9.17, 15) is 4.79 Å². The van der Waals surface area contributed by atoms with E-state index in [1.54, 1.807) is 0 Å². The molecule has 3 aromatic rings. The van der Waals surface area contributed by atoms with Crippen LogP contribution in [0.2, 0.25) is 0 Å². The number of hydrogen-bond donors (Lipinski definition) is 1. The Morgan fingerprint density at radius 3 is 2.45 bits per heavy atom. The molecule has 1 N–H and O–H groups in total. The highest BCUT2D eigenvalue weighted by Crippen LogP contribution is 2.27. The third-order valence-corrected chi connectivity index (χ3v) is 6.68. The Kier molecular flexibility index (Phi) is 7.78. The van der Waals surface area contributed by atoms with Crippen LogP contribution in [-0.2, 0) is 17.9 Å². The lowest BCUT2D eigenvalue weighted by atomic mass is 10.1. The highest BCUT2D eigenvalue weighted by atomic mass is 79.9. The number of rotatable bonds is 8. The summed E-state index contributed by atoms with van der Waals surface area (Å²) in [4.78, 5) is 12.5. The summed E-state index contributed by atoms with van der Waals surface area (Å²) in [6.07, 6.45) is 0. The van der Waals surface area contributed by atoms with E-state index < -0.39 is 0 Å². The van der Waals surface area contributed by atoms with Gasteiger partial charge in [-0.05, 0) is 84.9 Å². The number of thioether (sulfide) groups is 1. The summed E-state index contributed by atoms with van der Waals surface area (Å²) in [5, 5.41) is 12.2. The standard InChI is InChI=1S/C23H27BrN4O2S/c1-6-28-20(12-30-22-14(2)8-7-9-15(22)3)26-27-23(28)31-13-21(29)25-19-11-17(5)16(4)10-18(19)24/h7-11H,6,12-13H2,1-5H3,(H,25,29). The first-order chi connectivity index (χ1) is 14.8. The van der Waals surface area contributed by atoms with Crippen LogP contribution in [0, 0.1) is 27.7 Å². The van der Waals surface area contributed by atoms with Crippen LogP contribution in [0.25, 0.3) is 0 Å². The van der Waals surface area contributed by atoms with Gasteiger partial charge in [0.2, 0.25) is 5.91 Å². The number of benzene rings is 2. The molecule has 0 aliphatic rings. The number of aryl methyl sites for hydroxylation is 4. The molecule has 1 aromatic heterocycles. The van der Waals surface area contributed by atoms with Crippen molar-refractivity contribution >= 4 is 39.3 Å². The number of nitrogens with one attached hydrogen (secondary N) is 1. The van der Waals surface area contributed by atoms with Gasteiger partial charge in [0.05, 0.1) is 11.4 Å². The predicted molar refractivity (Wildman–Crippen MR) is 129 cm³/mol.